The van der Waals surface area contributed by atoms with Gasteiger partial charge in [0.2, 0.25) is 5.91 Å². The number of aryl methyl sites for hydroxylation is 2. The molecule has 5 heteroatoms. The van der Waals surface area contributed by atoms with Crippen LogP contribution < -0.4 is 10.6 Å². The molecule has 2 N–H and O–H groups in total. The minimum absolute atomic E-state index is 0.00653. The van der Waals surface area contributed by atoms with Crippen LogP contribution >= 0.6 is 11.3 Å². The number of rotatable bonds is 7. The predicted molar refractivity (Wildman–Crippen MR) is 70.4 cm³/mol. The first-order chi connectivity index (χ1) is 8.13. The number of carbonyl (C=O) groups excluding carboxylic acids is 1. The largest absolute Gasteiger partial charge is 0.383 e. The minimum Gasteiger partial charge on any atom is -0.383 e. The van der Waals surface area contributed by atoms with Crippen LogP contribution in [0.4, 0.5) is 0 Å². The van der Waals surface area contributed by atoms with Crippen LogP contribution in [0, 0.1) is 13.8 Å². The Kier molecular flexibility index (Phi) is 6.18. The third-order valence-electron chi connectivity index (χ3n) is 2.43. The van der Waals surface area contributed by atoms with E-state index in [1.807, 2.05) is 0 Å². The zero-order chi connectivity index (χ0) is 12.7. The molecule has 1 aromatic heterocycles. The van der Waals surface area contributed by atoms with Crippen molar-refractivity contribution in [3.8, 4) is 0 Å². The second-order valence-corrected chi connectivity index (χ2v) is 5.24. The first-order valence-electron chi connectivity index (χ1n) is 5.65. The van der Waals surface area contributed by atoms with Gasteiger partial charge in [0.05, 0.1) is 13.2 Å². The molecule has 0 bridgehead atoms. The van der Waals surface area contributed by atoms with E-state index in [-0.39, 0.29) is 5.91 Å². The molecule has 1 aromatic rings. The molecule has 0 saturated heterocycles. The van der Waals surface area contributed by atoms with Gasteiger partial charge in [0, 0.05) is 30.0 Å². The summed E-state index contributed by atoms with van der Waals surface area (Å²) < 4.78 is 4.85. The summed E-state index contributed by atoms with van der Waals surface area (Å²) in [6.07, 6.45) is 0. The number of nitrogens with one attached hydrogen (secondary N) is 2. The fourth-order valence-electron chi connectivity index (χ4n) is 1.39. The van der Waals surface area contributed by atoms with Crippen LogP contribution in [-0.2, 0) is 16.1 Å². The van der Waals surface area contributed by atoms with Gasteiger partial charge in [0.15, 0.2) is 0 Å². The fraction of sp³-hybridized carbons (Fsp3) is 0.583. The van der Waals surface area contributed by atoms with Gasteiger partial charge >= 0.3 is 0 Å². The maximum absolute atomic E-state index is 11.4. The van der Waals surface area contributed by atoms with E-state index in [0.717, 1.165) is 6.54 Å². The van der Waals surface area contributed by atoms with Crippen LogP contribution in [0.3, 0.4) is 0 Å². The number of amides is 1. The maximum atomic E-state index is 11.4. The van der Waals surface area contributed by atoms with Crippen molar-refractivity contribution in [2.75, 3.05) is 26.8 Å². The molecule has 0 radical (unpaired) electrons. The Bertz CT molecular complexity index is 344. The summed E-state index contributed by atoms with van der Waals surface area (Å²) in [7, 11) is 1.62. The highest BCUT2D eigenvalue weighted by molar-refractivity contribution is 7.12. The van der Waals surface area contributed by atoms with Gasteiger partial charge in [-0.3, -0.25) is 4.79 Å². The van der Waals surface area contributed by atoms with Gasteiger partial charge in [-0.15, -0.1) is 11.3 Å². The second kappa shape index (κ2) is 7.42. The fourth-order valence-corrected chi connectivity index (χ4v) is 2.41. The lowest BCUT2D eigenvalue weighted by molar-refractivity contribution is -0.120. The van der Waals surface area contributed by atoms with Crippen LogP contribution in [0.2, 0.25) is 0 Å². The molecule has 17 heavy (non-hydrogen) atoms. The molecule has 0 aliphatic rings. The highest BCUT2D eigenvalue weighted by Crippen LogP contribution is 2.19. The highest BCUT2D eigenvalue weighted by Gasteiger charge is 2.03. The molecular formula is C12H20N2O2S. The van der Waals surface area contributed by atoms with Crippen molar-refractivity contribution in [1.29, 1.82) is 0 Å². The third kappa shape index (κ3) is 5.30. The van der Waals surface area contributed by atoms with E-state index in [4.69, 9.17) is 4.74 Å². The second-order valence-electron chi connectivity index (χ2n) is 3.90. The van der Waals surface area contributed by atoms with Crippen molar-refractivity contribution in [3.63, 3.8) is 0 Å². The normalized spacial score (nSPS) is 10.5. The summed E-state index contributed by atoms with van der Waals surface area (Å²) >= 11 is 1.77. The van der Waals surface area contributed by atoms with Gasteiger partial charge in [-0.25, -0.2) is 0 Å². The lowest BCUT2D eigenvalue weighted by atomic mass is 10.3. The molecule has 0 aliphatic carbocycles. The van der Waals surface area contributed by atoms with Crippen LogP contribution in [-0.4, -0.2) is 32.7 Å². The molecule has 0 saturated carbocycles. The summed E-state index contributed by atoms with van der Waals surface area (Å²) in [6, 6.07) is 2.16. The Balaban J connectivity index is 2.17. The van der Waals surface area contributed by atoms with Crippen LogP contribution in [0.15, 0.2) is 6.07 Å². The topological polar surface area (TPSA) is 50.4 Å². The lowest BCUT2D eigenvalue weighted by Gasteiger charge is -2.05. The minimum atomic E-state index is 0.00653. The molecule has 96 valence electrons. The van der Waals surface area contributed by atoms with E-state index >= 15 is 0 Å². The van der Waals surface area contributed by atoms with Crippen molar-refractivity contribution in [2.45, 2.75) is 20.4 Å². The lowest BCUT2D eigenvalue weighted by Crippen LogP contribution is -2.35. The van der Waals surface area contributed by atoms with E-state index in [1.165, 1.54) is 15.3 Å². The van der Waals surface area contributed by atoms with Crippen molar-refractivity contribution < 1.29 is 9.53 Å². The first kappa shape index (κ1) is 14.2. The monoisotopic (exact) mass is 256 g/mol. The Morgan fingerprint density at radius 2 is 2.24 bits per heavy atom. The molecule has 0 unspecified atom stereocenters. The van der Waals surface area contributed by atoms with Crippen LogP contribution in [0.1, 0.15) is 15.3 Å². The van der Waals surface area contributed by atoms with E-state index in [1.54, 1.807) is 18.4 Å². The van der Waals surface area contributed by atoms with Crippen LogP contribution in [0.25, 0.3) is 0 Å². The summed E-state index contributed by atoms with van der Waals surface area (Å²) in [5.74, 6) is 0.00653. The Hall–Kier alpha value is -0.910. The number of carbonyl (C=O) groups is 1. The standard InChI is InChI=1S/C12H20N2O2S/c1-9-6-11(17-10(9)2)7-13-8-12(15)14-4-5-16-3/h6,13H,4-5,7-8H2,1-3H3,(H,14,15). The van der Waals surface area contributed by atoms with Gasteiger partial charge in [-0.05, 0) is 25.5 Å². The molecule has 0 aliphatic heterocycles. The van der Waals surface area contributed by atoms with Gasteiger partial charge in [-0.1, -0.05) is 0 Å². The van der Waals surface area contributed by atoms with Crippen molar-refractivity contribution in [2.24, 2.45) is 0 Å². The van der Waals surface area contributed by atoms with Gasteiger partial charge in [0.25, 0.3) is 0 Å². The van der Waals surface area contributed by atoms with Gasteiger partial charge in [-0.2, -0.15) is 0 Å². The summed E-state index contributed by atoms with van der Waals surface area (Å²) in [6.45, 7) is 6.42. The SMILES string of the molecule is COCCNC(=O)CNCc1cc(C)c(C)s1. The first-order valence-corrected chi connectivity index (χ1v) is 6.47. The molecule has 4 nitrogen and oxygen atoms in total. The predicted octanol–water partition coefficient (Wildman–Crippen LogP) is 1.22. The van der Waals surface area contributed by atoms with Gasteiger partial charge < -0.3 is 15.4 Å². The maximum Gasteiger partial charge on any atom is 0.234 e. The summed E-state index contributed by atoms with van der Waals surface area (Å²) in [4.78, 5) is 14.0. The third-order valence-corrected chi connectivity index (χ3v) is 3.58. The molecule has 1 amide bonds. The number of methoxy groups -OCH3 is 1. The average Bonchev–Trinajstić information content (AvgIpc) is 2.59. The van der Waals surface area contributed by atoms with E-state index < -0.39 is 0 Å². The number of thiophene rings is 1. The quantitative estimate of drug-likeness (QED) is 0.721. The molecule has 0 fully saturated rings. The molecule has 1 heterocycles. The molecule has 1 rings (SSSR count). The smallest absolute Gasteiger partial charge is 0.234 e. The number of ether oxygens (including phenoxy) is 1. The Morgan fingerprint density at radius 3 is 2.82 bits per heavy atom. The van der Waals surface area contributed by atoms with Crippen molar-refractivity contribution in [1.82, 2.24) is 10.6 Å². The molecule has 0 aromatic carbocycles. The molecule has 0 atom stereocenters. The Morgan fingerprint density at radius 1 is 1.47 bits per heavy atom. The summed E-state index contributed by atoms with van der Waals surface area (Å²) in [5.41, 5.74) is 1.32. The zero-order valence-electron chi connectivity index (χ0n) is 10.6. The molecular weight excluding hydrogens is 236 g/mol. The summed E-state index contributed by atoms with van der Waals surface area (Å²) in [5, 5.41) is 5.89. The van der Waals surface area contributed by atoms with Crippen LogP contribution in [0.5, 0.6) is 0 Å². The average molecular weight is 256 g/mol. The van der Waals surface area contributed by atoms with Gasteiger partial charge in [0.1, 0.15) is 0 Å². The van der Waals surface area contributed by atoms with Crippen molar-refractivity contribution >= 4 is 17.2 Å². The highest BCUT2D eigenvalue weighted by atomic mass is 32.1. The van der Waals surface area contributed by atoms with E-state index in [0.29, 0.717) is 19.7 Å². The Labute approximate surface area is 106 Å². The number of hydrogen-bond donors (Lipinski definition) is 2. The van der Waals surface area contributed by atoms with E-state index in [2.05, 4.69) is 30.5 Å². The van der Waals surface area contributed by atoms with Crippen molar-refractivity contribution in [3.05, 3.63) is 21.4 Å². The zero-order valence-corrected chi connectivity index (χ0v) is 11.4. The molecule has 0 spiro atoms. The number of hydrogen-bond acceptors (Lipinski definition) is 4. The van der Waals surface area contributed by atoms with E-state index in [9.17, 15) is 4.79 Å².